The number of hydrogen-bond donors (Lipinski definition) is 5. The van der Waals surface area contributed by atoms with Gasteiger partial charge >= 0.3 is 5.69 Å². The minimum absolute atomic E-state index is 0.118. The SMILES string of the molecule is Nc1cc(=O)n(C2OC(CO)C(O)C2O)c(=O)[nH]1. The van der Waals surface area contributed by atoms with Crippen LogP contribution in [0.5, 0.6) is 0 Å². The van der Waals surface area contributed by atoms with E-state index in [4.69, 9.17) is 15.6 Å². The molecular formula is C9H13N3O6. The third kappa shape index (κ3) is 1.93. The molecule has 0 bridgehead atoms. The third-order valence-electron chi connectivity index (χ3n) is 2.76. The summed E-state index contributed by atoms with van der Waals surface area (Å²) in [6.07, 6.45) is -5.31. The van der Waals surface area contributed by atoms with Crippen molar-refractivity contribution in [3.8, 4) is 0 Å². The van der Waals surface area contributed by atoms with Gasteiger partial charge in [0.05, 0.1) is 6.61 Å². The normalized spacial score (nSPS) is 31.7. The van der Waals surface area contributed by atoms with Crippen LogP contribution >= 0.6 is 0 Å². The number of nitrogens with two attached hydrogens (primary N) is 1. The predicted molar refractivity (Wildman–Crippen MR) is 58.7 cm³/mol. The molecule has 6 N–H and O–H groups in total. The van der Waals surface area contributed by atoms with Gasteiger partial charge in [-0.05, 0) is 0 Å². The van der Waals surface area contributed by atoms with Crippen LogP contribution < -0.4 is 17.0 Å². The topological polar surface area (TPSA) is 151 Å². The van der Waals surface area contributed by atoms with E-state index in [2.05, 4.69) is 4.98 Å². The molecule has 1 saturated heterocycles. The first-order valence-corrected chi connectivity index (χ1v) is 5.19. The minimum atomic E-state index is -1.50. The molecule has 4 unspecified atom stereocenters. The molecule has 9 heteroatoms. The van der Waals surface area contributed by atoms with Crippen molar-refractivity contribution in [3.63, 3.8) is 0 Å². The van der Waals surface area contributed by atoms with E-state index in [-0.39, 0.29) is 5.82 Å². The first kappa shape index (κ1) is 12.8. The molecule has 100 valence electrons. The molecule has 2 heterocycles. The lowest BCUT2D eigenvalue weighted by Gasteiger charge is -2.16. The minimum Gasteiger partial charge on any atom is -0.394 e. The number of anilines is 1. The van der Waals surface area contributed by atoms with E-state index in [0.717, 1.165) is 6.07 Å². The summed E-state index contributed by atoms with van der Waals surface area (Å²) in [5.74, 6) is -0.118. The summed E-state index contributed by atoms with van der Waals surface area (Å²) in [6.45, 7) is -0.545. The van der Waals surface area contributed by atoms with Crippen LogP contribution in [0.4, 0.5) is 5.82 Å². The number of H-pyrrole nitrogens is 1. The van der Waals surface area contributed by atoms with E-state index < -0.39 is 42.4 Å². The second-order valence-electron chi connectivity index (χ2n) is 3.97. The van der Waals surface area contributed by atoms with Crippen molar-refractivity contribution in [1.82, 2.24) is 9.55 Å². The number of rotatable bonds is 2. The summed E-state index contributed by atoms with van der Waals surface area (Å²) >= 11 is 0. The van der Waals surface area contributed by atoms with Crippen LogP contribution in [0.3, 0.4) is 0 Å². The number of aliphatic hydroxyl groups excluding tert-OH is 3. The van der Waals surface area contributed by atoms with Crippen LogP contribution in [0.15, 0.2) is 15.7 Å². The summed E-state index contributed by atoms with van der Waals surface area (Å²) in [7, 11) is 0. The first-order chi connectivity index (χ1) is 8.45. The Morgan fingerprint density at radius 2 is 2.06 bits per heavy atom. The second-order valence-corrected chi connectivity index (χ2v) is 3.97. The Bertz CT molecular complexity index is 521. The van der Waals surface area contributed by atoms with E-state index in [1.807, 2.05) is 0 Å². The maximum absolute atomic E-state index is 11.6. The monoisotopic (exact) mass is 259 g/mol. The molecule has 1 aliphatic heterocycles. The molecule has 2 rings (SSSR count). The van der Waals surface area contributed by atoms with Crippen LogP contribution in [0.1, 0.15) is 6.23 Å². The van der Waals surface area contributed by atoms with Crippen LogP contribution in [0.2, 0.25) is 0 Å². The van der Waals surface area contributed by atoms with E-state index in [0.29, 0.717) is 4.57 Å². The van der Waals surface area contributed by atoms with Crippen molar-refractivity contribution in [2.75, 3.05) is 12.3 Å². The van der Waals surface area contributed by atoms with Crippen molar-refractivity contribution in [2.24, 2.45) is 0 Å². The van der Waals surface area contributed by atoms with Crippen LogP contribution in [0, 0.1) is 0 Å². The molecule has 1 fully saturated rings. The van der Waals surface area contributed by atoms with Gasteiger partial charge in [0.2, 0.25) is 0 Å². The Kier molecular flexibility index (Phi) is 3.22. The van der Waals surface area contributed by atoms with Gasteiger partial charge in [-0.3, -0.25) is 9.78 Å². The van der Waals surface area contributed by atoms with Gasteiger partial charge in [-0.15, -0.1) is 0 Å². The quantitative estimate of drug-likeness (QED) is 0.373. The zero-order chi connectivity index (χ0) is 13.4. The summed E-state index contributed by atoms with van der Waals surface area (Å²) in [5.41, 5.74) is 3.64. The number of aromatic nitrogens is 2. The molecule has 1 aromatic heterocycles. The number of nitrogens with zero attached hydrogens (tertiary/aromatic N) is 1. The standard InChI is InChI=1S/C9H13N3O6/c10-4-1-5(14)12(9(17)11-4)8-7(16)6(15)3(2-13)18-8/h1,3,6-8,13,15-16H,2,10H2,(H,11,17). The van der Waals surface area contributed by atoms with Gasteiger partial charge in [0.15, 0.2) is 6.23 Å². The molecule has 0 radical (unpaired) electrons. The van der Waals surface area contributed by atoms with Gasteiger partial charge in [0.1, 0.15) is 24.1 Å². The van der Waals surface area contributed by atoms with Crippen molar-refractivity contribution in [3.05, 3.63) is 26.9 Å². The van der Waals surface area contributed by atoms with E-state index >= 15 is 0 Å². The maximum atomic E-state index is 11.6. The van der Waals surface area contributed by atoms with Crippen molar-refractivity contribution in [1.29, 1.82) is 0 Å². The fraction of sp³-hybridized carbons (Fsp3) is 0.556. The van der Waals surface area contributed by atoms with E-state index in [1.54, 1.807) is 0 Å². The number of nitrogens with one attached hydrogen (secondary N) is 1. The molecule has 0 saturated carbocycles. The molecule has 1 aliphatic rings. The van der Waals surface area contributed by atoms with Gasteiger partial charge in [-0.2, -0.15) is 0 Å². The molecule has 18 heavy (non-hydrogen) atoms. The highest BCUT2D eigenvalue weighted by Crippen LogP contribution is 2.27. The number of aromatic amines is 1. The van der Waals surface area contributed by atoms with Crippen molar-refractivity contribution >= 4 is 5.82 Å². The van der Waals surface area contributed by atoms with Crippen molar-refractivity contribution in [2.45, 2.75) is 24.5 Å². The number of hydrogen-bond acceptors (Lipinski definition) is 7. The van der Waals surface area contributed by atoms with E-state index in [9.17, 15) is 19.8 Å². The highest BCUT2D eigenvalue weighted by atomic mass is 16.6. The Labute approximate surface area is 100 Å². The molecule has 0 aliphatic carbocycles. The molecule has 4 atom stereocenters. The highest BCUT2D eigenvalue weighted by molar-refractivity contribution is 5.23. The fourth-order valence-electron chi connectivity index (χ4n) is 1.86. The largest absolute Gasteiger partial charge is 0.394 e. The molecule has 9 nitrogen and oxygen atoms in total. The van der Waals surface area contributed by atoms with Gasteiger partial charge in [0, 0.05) is 6.07 Å². The van der Waals surface area contributed by atoms with Crippen LogP contribution in [0.25, 0.3) is 0 Å². The fourth-order valence-corrected chi connectivity index (χ4v) is 1.86. The van der Waals surface area contributed by atoms with E-state index in [1.165, 1.54) is 0 Å². The Morgan fingerprint density at radius 1 is 1.39 bits per heavy atom. The lowest BCUT2D eigenvalue weighted by Crippen LogP contribution is -2.42. The number of aliphatic hydroxyl groups is 3. The summed E-state index contributed by atoms with van der Waals surface area (Å²) in [6, 6.07) is 0.954. The van der Waals surface area contributed by atoms with Gasteiger partial charge in [-0.25, -0.2) is 9.36 Å². The lowest BCUT2D eigenvalue weighted by atomic mass is 10.1. The lowest BCUT2D eigenvalue weighted by molar-refractivity contribution is -0.0564. The molecule has 0 aromatic carbocycles. The first-order valence-electron chi connectivity index (χ1n) is 5.19. The highest BCUT2D eigenvalue weighted by Gasteiger charge is 2.44. The summed E-state index contributed by atoms with van der Waals surface area (Å²) in [4.78, 5) is 25.4. The maximum Gasteiger partial charge on any atom is 0.332 e. The summed E-state index contributed by atoms with van der Waals surface area (Å²) < 4.78 is 5.67. The average molecular weight is 259 g/mol. The number of ether oxygens (including phenoxy) is 1. The molecule has 0 amide bonds. The second kappa shape index (κ2) is 4.53. The van der Waals surface area contributed by atoms with Crippen LogP contribution in [-0.2, 0) is 4.74 Å². The average Bonchev–Trinajstić information content (AvgIpc) is 2.56. The van der Waals surface area contributed by atoms with Gasteiger partial charge < -0.3 is 25.8 Å². The Morgan fingerprint density at radius 3 is 2.56 bits per heavy atom. The third-order valence-corrected chi connectivity index (χ3v) is 2.76. The zero-order valence-corrected chi connectivity index (χ0v) is 9.18. The molecule has 1 aromatic rings. The Hall–Kier alpha value is -1.68. The van der Waals surface area contributed by atoms with Gasteiger partial charge in [0.25, 0.3) is 5.56 Å². The van der Waals surface area contributed by atoms with Crippen LogP contribution in [-0.4, -0.2) is 49.8 Å². The molecule has 0 spiro atoms. The molecular weight excluding hydrogens is 246 g/mol. The predicted octanol–water partition coefficient (Wildman–Crippen LogP) is -3.27. The smallest absolute Gasteiger partial charge is 0.332 e. The number of nitrogen functional groups attached to an aromatic ring is 1. The zero-order valence-electron chi connectivity index (χ0n) is 9.18. The Balaban J connectivity index is 2.45. The van der Waals surface area contributed by atoms with Crippen molar-refractivity contribution < 1.29 is 20.1 Å². The van der Waals surface area contributed by atoms with Gasteiger partial charge in [-0.1, -0.05) is 0 Å². The summed E-state index contributed by atoms with van der Waals surface area (Å²) in [5, 5.41) is 28.2.